The lowest BCUT2D eigenvalue weighted by atomic mass is 10.2. The number of carboxylic acid groups (broad SMARTS) is 1. The smallest absolute Gasteiger partial charge is 0.338 e. The van der Waals surface area contributed by atoms with Gasteiger partial charge in [-0.15, -0.1) is 11.3 Å². The van der Waals surface area contributed by atoms with Crippen molar-refractivity contribution in [2.45, 2.75) is 20.8 Å². The number of hydrogen-bond donors (Lipinski definition) is 2. The average molecular weight is 279 g/mol. The highest BCUT2D eigenvalue weighted by Gasteiger charge is 2.19. The van der Waals surface area contributed by atoms with Crippen LogP contribution in [0.25, 0.3) is 0 Å². The Morgan fingerprint density at radius 2 is 1.89 bits per heavy atom. The predicted molar refractivity (Wildman–Crippen MR) is 72.2 cm³/mol. The third kappa shape index (κ3) is 2.68. The molecule has 2 heterocycles. The molecule has 100 valence electrons. The Morgan fingerprint density at radius 3 is 2.42 bits per heavy atom. The minimum absolute atomic E-state index is 0.105. The van der Waals surface area contributed by atoms with Crippen LogP contribution in [0.2, 0.25) is 0 Å². The molecule has 1 amide bonds. The Balaban J connectivity index is 2.29. The van der Waals surface area contributed by atoms with Crippen LogP contribution in [0.15, 0.2) is 16.5 Å². The number of carboxylic acids is 1. The van der Waals surface area contributed by atoms with E-state index in [1.54, 1.807) is 26.8 Å². The SMILES string of the molecule is Cc1cc(C(=O)Nc2sc(C)cc2C(=O)O)c(C)o1. The standard InChI is InChI=1S/C13H13NO4S/c1-6-4-9(8(3)18-6)11(15)14-12-10(13(16)17)5-7(2)19-12/h4-5H,1-3H3,(H,14,15)(H,16,17). The minimum Gasteiger partial charge on any atom is -0.478 e. The van der Waals surface area contributed by atoms with Crippen molar-refractivity contribution in [3.63, 3.8) is 0 Å². The number of aryl methyl sites for hydroxylation is 3. The second-order valence-electron chi connectivity index (χ2n) is 4.19. The molecular formula is C13H13NO4S. The van der Waals surface area contributed by atoms with Crippen molar-refractivity contribution in [2.24, 2.45) is 0 Å². The summed E-state index contributed by atoms with van der Waals surface area (Å²) in [5.74, 6) is -0.262. The van der Waals surface area contributed by atoms with Crippen LogP contribution in [0.5, 0.6) is 0 Å². The number of carbonyl (C=O) groups excluding carboxylic acids is 1. The zero-order valence-corrected chi connectivity index (χ0v) is 11.6. The Morgan fingerprint density at radius 1 is 1.21 bits per heavy atom. The van der Waals surface area contributed by atoms with Crippen LogP contribution in [-0.2, 0) is 0 Å². The lowest BCUT2D eigenvalue weighted by molar-refractivity contribution is 0.0698. The number of anilines is 1. The molecule has 0 radical (unpaired) electrons. The molecule has 2 N–H and O–H groups in total. The van der Waals surface area contributed by atoms with Crippen molar-refractivity contribution in [3.8, 4) is 0 Å². The fourth-order valence-corrected chi connectivity index (χ4v) is 2.69. The van der Waals surface area contributed by atoms with Gasteiger partial charge in [-0.05, 0) is 32.9 Å². The van der Waals surface area contributed by atoms with E-state index >= 15 is 0 Å². The average Bonchev–Trinajstić information content (AvgIpc) is 2.81. The van der Waals surface area contributed by atoms with Crippen LogP contribution in [0.4, 0.5) is 5.00 Å². The Bertz CT molecular complexity index is 654. The topological polar surface area (TPSA) is 79.5 Å². The van der Waals surface area contributed by atoms with Crippen LogP contribution in [-0.4, -0.2) is 17.0 Å². The fraction of sp³-hybridized carbons (Fsp3) is 0.231. The van der Waals surface area contributed by atoms with Crippen molar-refractivity contribution in [1.82, 2.24) is 0 Å². The molecule has 2 aromatic heterocycles. The summed E-state index contributed by atoms with van der Waals surface area (Å²) >= 11 is 1.23. The highest BCUT2D eigenvalue weighted by Crippen LogP contribution is 2.28. The largest absolute Gasteiger partial charge is 0.478 e. The van der Waals surface area contributed by atoms with Gasteiger partial charge in [0.1, 0.15) is 16.5 Å². The van der Waals surface area contributed by atoms with Gasteiger partial charge in [0.15, 0.2) is 0 Å². The Labute approximate surface area is 113 Å². The molecule has 0 atom stereocenters. The maximum absolute atomic E-state index is 12.1. The van der Waals surface area contributed by atoms with Crippen LogP contribution in [0.3, 0.4) is 0 Å². The van der Waals surface area contributed by atoms with Crippen molar-refractivity contribution < 1.29 is 19.1 Å². The van der Waals surface area contributed by atoms with Gasteiger partial charge in [0.25, 0.3) is 5.91 Å². The molecule has 6 heteroatoms. The van der Waals surface area contributed by atoms with Gasteiger partial charge >= 0.3 is 5.97 Å². The molecule has 0 saturated carbocycles. The molecule has 0 aliphatic carbocycles. The first-order valence-corrected chi connectivity index (χ1v) is 6.42. The summed E-state index contributed by atoms with van der Waals surface area (Å²) in [6, 6.07) is 3.17. The van der Waals surface area contributed by atoms with Gasteiger partial charge in [-0.2, -0.15) is 0 Å². The second-order valence-corrected chi connectivity index (χ2v) is 5.44. The normalized spacial score (nSPS) is 10.5. The maximum Gasteiger partial charge on any atom is 0.338 e. The van der Waals surface area contributed by atoms with E-state index in [4.69, 9.17) is 9.52 Å². The Kier molecular flexibility index (Phi) is 3.44. The quantitative estimate of drug-likeness (QED) is 0.904. The van der Waals surface area contributed by atoms with Crippen molar-refractivity contribution in [3.05, 3.63) is 39.7 Å². The van der Waals surface area contributed by atoms with E-state index in [-0.39, 0.29) is 11.5 Å². The van der Waals surface area contributed by atoms with Gasteiger partial charge in [-0.25, -0.2) is 4.79 Å². The molecule has 0 aliphatic heterocycles. The Hall–Kier alpha value is -2.08. The summed E-state index contributed by atoms with van der Waals surface area (Å²) in [6.45, 7) is 5.24. The third-order valence-electron chi connectivity index (χ3n) is 2.60. The van der Waals surface area contributed by atoms with E-state index in [1.165, 1.54) is 17.4 Å². The monoisotopic (exact) mass is 279 g/mol. The van der Waals surface area contributed by atoms with Crippen LogP contribution in [0, 0.1) is 20.8 Å². The third-order valence-corrected chi connectivity index (χ3v) is 3.56. The molecule has 0 unspecified atom stereocenters. The van der Waals surface area contributed by atoms with Crippen LogP contribution in [0.1, 0.15) is 37.1 Å². The molecule has 0 saturated heterocycles. The van der Waals surface area contributed by atoms with E-state index in [0.29, 0.717) is 22.1 Å². The molecule has 0 fully saturated rings. The first kappa shape index (κ1) is 13.4. The first-order chi connectivity index (χ1) is 8.88. The lowest BCUT2D eigenvalue weighted by Crippen LogP contribution is -2.13. The summed E-state index contributed by atoms with van der Waals surface area (Å²) < 4.78 is 5.28. The number of nitrogens with one attached hydrogen (secondary N) is 1. The van der Waals surface area contributed by atoms with Crippen molar-refractivity contribution in [1.29, 1.82) is 0 Å². The van der Waals surface area contributed by atoms with E-state index in [9.17, 15) is 9.59 Å². The molecule has 2 rings (SSSR count). The lowest BCUT2D eigenvalue weighted by Gasteiger charge is -2.02. The first-order valence-electron chi connectivity index (χ1n) is 5.60. The van der Waals surface area contributed by atoms with E-state index < -0.39 is 5.97 Å². The van der Waals surface area contributed by atoms with Gasteiger partial charge in [0, 0.05) is 4.88 Å². The highest BCUT2D eigenvalue weighted by atomic mass is 32.1. The van der Waals surface area contributed by atoms with Crippen LogP contribution < -0.4 is 5.32 Å². The molecule has 2 aromatic rings. The number of furan rings is 1. The van der Waals surface area contributed by atoms with Gasteiger partial charge in [0.05, 0.1) is 11.1 Å². The van der Waals surface area contributed by atoms with Gasteiger partial charge < -0.3 is 14.8 Å². The van der Waals surface area contributed by atoms with E-state index in [0.717, 1.165) is 4.88 Å². The zero-order chi connectivity index (χ0) is 14.2. The molecular weight excluding hydrogens is 266 g/mol. The second kappa shape index (κ2) is 4.89. The number of amides is 1. The van der Waals surface area contributed by atoms with Crippen LogP contribution >= 0.6 is 11.3 Å². The molecule has 0 aromatic carbocycles. The summed E-state index contributed by atoms with van der Waals surface area (Å²) in [4.78, 5) is 24.0. The van der Waals surface area contributed by atoms with E-state index in [2.05, 4.69) is 5.32 Å². The number of hydrogen-bond acceptors (Lipinski definition) is 4. The highest BCUT2D eigenvalue weighted by molar-refractivity contribution is 7.16. The summed E-state index contributed by atoms with van der Waals surface area (Å²) in [5, 5.41) is 12.0. The predicted octanol–water partition coefficient (Wildman–Crippen LogP) is 3.22. The van der Waals surface area contributed by atoms with Gasteiger partial charge in [-0.1, -0.05) is 0 Å². The molecule has 0 spiro atoms. The van der Waals surface area contributed by atoms with Gasteiger partial charge in [-0.3, -0.25) is 4.79 Å². The molecule has 0 bridgehead atoms. The summed E-state index contributed by atoms with van der Waals surface area (Å²) in [7, 11) is 0. The number of carbonyl (C=O) groups is 2. The summed E-state index contributed by atoms with van der Waals surface area (Å²) in [6.07, 6.45) is 0. The number of aromatic carboxylic acids is 1. The van der Waals surface area contributed by atoms with Crippen molar-refractivity contribution in [2.75, 3.05) is 5.32 Å². The van der Waals surface area contributed by atoms with Crippen molar-refractivity contribution >= 4 is 28.2 Å². The number of thiophene rings is 1. The summed E-state index contributed by atoms with van der Waals surface area (Å²) in [5.41, 5.74) is 0.522. The molecule has 19 heavy (non-hydrogen) atoms. The van der Waals surface area contributed by atoms with Gasteiger partial charge in [0.2, 0.25) is 0 Å². The van der Waals surface area contributed by atoms with E-state index in [1.807, 2.05) is 0 Å². The number of rotatable bonds is 3. The zero-order valence-electron chi connectivity index (χ0n) is 10.7. The fourth-order valence-electron chi connectivity index (χ4n) is 1.79. The maximum atomic E-state index is 12.1. The molecule has 5 nitrogen and oxygen atoms in total. The minimum atomic E-state index is -1.06. The molecule has 0 aliphatic rings.